The van der Waals surface area contributed by atoms with Gasteiger partial charge >= 0.3 is 0 Å². The van der Waals surface area contributed by atoms with Gasteiger partial charge in [0.05, 0.1) is 28.2 Å². The zero-order valence-corrected chi connectivity index (χ0v) is 16.8. The third-order valence-electron chi connectivity index (χ3n) is 7.13. The normalized spacial score (nSPS) is 32.7. The summed E-state index contributed by atoms with van der Waals surface area (Å²) in [4.78, 5) is 44.3. The highest BCUT2D eigenvalue weighted by Gasteiger charge is 2.70. The minimum Gasteiger partial charge on any atom is -0.391 e. The molecule has 31 heavy (non-hydrogen) atoms. The third kappa shape index (κ3) is 2.45. The summed E-state index contributed by atoms with van der Waals surface area (Å²) in [6, 6.07) is 13.0. The van der Waals surface area contributed by atoms with Crippen LogP contribution in [0.2, 0.25) is 5.02 Å². The Hall–Kier alpha value is -3.26. The number of amides is 2. The molecule has 2 amide bonds. The number of fused-ring (bicyclic) bond motifs is 8. The molecule has 1 saturated heterocycles. The highest BCUT2D eigenvalue weighted by Crippen LogP contribution is 2.62. The van der Waals surface area contributed by atoms with E-state index in [2.05, 4.69) is 5.16 Å². The summed E-state index contributed by atoms with van der Waals surface area (Å²) < 4.78 is 0. The summed E-state index contributed by atoms with van der Waals surface area (Å²) in [5, 5.41) is 16.0. The van der Waals surface area contributed by atoms with Crippen molar-refractivity contribution in [1.82, 2.24) is 0 Å². The molecule has 0 spiro atoms. The fourth-order valence-corrected chi connectivity index (χ4v) is 6.11. The first-order valence-corrected chi connectivity index (χ1v) is 10.5. The second-order valence-electron chi connectivity index (χ2n) is 8.48. The number of nitro benzene ring substituents is 1. The average Bonchev–Trinajstić information content (AvgIpc) is 3.49. The second-order valence-corrected chi connectivity index (χ2v) is 8.92. The first kappa shape index (κ1) is 18.5. The van der Waals surface area contributed by atoms with Gasteiger partial charge in [-0.25, -0.2) is 0 Å². The van der Waals surface area contributed by atoms with E-state index in [4.69, 9.17) is 16.4 Å². The van der Waals surface area contributed by atoms with Gasteiger partial charge in [0.15, 0.2) is 0 Å². The first-order chi connectivity index (χ1) is 15.0. The van der Waals surface area contributed by atoms with E-state index >= 15 is 0 Å². The van der Waals surface area contributed by atoms with Gasteiger partial charge < -0.3 is 4.84 Å². The van der Waals surface area contributed by atoms with Crippen molar-refractivity contribution in [2.45, 2.75) is 12.5 Å². The molecule has 9 heteroatoms. The molecule has 0 unspecified atom stereocenters. The summed E-state index contributed by atoms with van der Waals surface area (Å²) in [6.45, 7) is 0. The van der Waals surface area contributed by atoms with Crippen molar-refractivity contribution in [2.75, 3.05) is 4.90 Å². The summed E-state index contributed by atoms with van der Waals surface area (Å²) in [6.07, 6.45) is 0.423. The molecule has 2 aliphatic carbocycles. The van der Waals surface area contributed by atoms with Crippen molar-refractivity contribution < 1.29 is 19.3 Å². The van der Waals surface area contributed by atoms with Crippen LogP contribution < -0.4 is 4.90 Å². The quantitative estimate of drug-likeness (QED) is 0.416. The Morgan fingerprint density at radius 2 is 1.74 bits per heavy atom. The molecule has 4 aliphatic rings. The molecule has 6 atom stereocenters. The van der Waals surface area contributed by atoms with E-state index in [0.717, 1.165) is 0 Å². The van der Waals surface area contributed by atoms with Gasteiger partial charge in [-0.05, 0) is 36.6 Å². The van der Waals surface area contributed by atoms with Gasteiger partial charge in [-0.3, -0.25) is 24.6 Å². The molecule has 2 saturated carbocycles. The summed E-state index contributed by atoms with van der Waals surface area (Å²) in [5.41, 5.74) is 1.75. The van der Waals surface area contributed by atoms with Crippen LogP contribution >= 0.6 is 11.6 Å². The maximum atomic E-state index is 13.3. The van der Waals surface area contributed by atoms with Gasteiger partial charge in [-0.2, -0.15) is 0 Å². The monoisotopic (exact) mass is 437 g/mol. The van der Waals surface area contributed by atoms with Crippen molar-refractivity contribution in [3.8, 4) is 0 Å². The van der Waals surface area contributed by atoms with Crippen molar-refractivity contribution >= 4 is 40.5 Å². The molecule has 2 heterocycles. The van der Waals surface area contributed by atoms with E-state index in [1.807, 2.05) is 0 Å². The highest BCUT2D eigenvalue weighted by molar-refractivity contribution is 6.31. The predicted octanol–water partition coefficient (Wildman–Crippen LogP) is 3.42. The van der Waals surface area contributed by atoms with Gasteiger partial charge in [-0.15, -0.1) is 0 Å². The molecule has 2 aliphatic heterocycles. The van der Waals surface area contributed by atoms with Gasteiger partial charge in [0.2, 0.25) is 11.8 Å². The number of benzene rings is 2. The first-order valence-electron chi connectivity index (χ1n) is 10.1. The second kappa shape index (κ2) is 6.37. The number of anilines is 1. The molecule has 2 aromatic rings. The number of halogens is 1. The zero-order chi connectivity index (χ0) is 21.4. The van der Waals surface area contributed by atoms with Crippen LogP contribution in [0.1, 0.15) is 12.0 Å². The van der Waals surface area contributed by atoms with Crippen LogP contribution in [0.25, 0.3) is 0 Å². The molecular weight excluding hydrogens is 422 g/mol. The number of carbonyl (C=O) groups is 2. The summed E-state index contributed by atoms with van der Waals surface area (Å²) in [7, 11) is 0. The molecule has 0 radical (unpaired) electrons. The molecule has 156 valence electrons. The smallest absolute Gasteiger partial charge is 0.270 e. The summed E-state index contributed by atoms with van der Waals surface area (Å²) >= 11 is 5.95. The minimum atomic E-state index is -0.447. The molecule has 2 aromatic carbocycles. The van der Waals surface area contributed by atoms with E-state index in [-0.39, 0.29) is 41.4 Å². The number of nitro groups is 1. The lowest BCUT2D eigenvalue weighted by atomic mass is 9.71. The van der Waals surface area contributed by atoms with E-state index in [9.17, 15) is 19.7 Å². The number of hydrogen-bond donors (Lipinski definition) is 0. The Morgan fingerprint density at radius 1 is 1.03 bits per heavy atom. The standard InChI is InChI=1S/C22H16ClN3O5/c23-11-4-6-12(7-5-11)25-21(27)16-14-9-15(17(16)22(25)28)20-18(14)19(24-31-20)10-2-1-3-13(8-10)26(29)30/h1-8,14-18,20H,9H2/t14-,15-,16-,17-,18-,20-/m1/s1. The molecule has 0 aromatic heterocycles. The highest BCUT2D eigenvalue weighted by atomic mass is 35.5. The topological polar surface area (TPSA) is 102 Å². The molecular formula is C22H16ClN3O5. The lowest BCUT2D eigenvalue weighted by Crippen LogP contribution is -2.41. The maximum absolute atomic E-state index is 13.3. The zero-order valence-electron chi connectivity index (χ0n) is 16.1. The fraction of sp³-hybridized carbons (Fsp3) is 0.318. The van der Waals surface area contributed by atoms with E-state index < -0.39 is 16.8 Å². The van der Waals surface area contributed by atoms with Crippen molar-refractivity contribution in [3.05, 3.63) is 69.2 Å². The fourth-order valence-electron chi connectivity index (χ4n) is 5.99. The predicted molar refractivity (Wildman–Crippen MR) is 111 cm³/mol. The van der Waals surface area contributed by atoms with E-state index in [0.29, 0.717) is 28.4 Å². The van der Waals surface area contributed by atoms with Gasteiger partial charge in [0.1, 0.15) is 6.10 Å². The average molecular weight is 438 g/mol. The van der Waals surface area contributed by atoms with Crippen LogP contribution in [0.5, 0.6) is 0 Å². The Kier molecular flexibility index (Phi) is 3.80. The SMILES string of the molecule is O=C1[C@@H]2[C@H]3C[C@@H]([C@H]4ON=C(c5cccc([N+](=O)[O-])c5)[C@@H]34)[C@H]2C(=O)N1c1ccc(Cl)cc1. The number of nitrogens with zero attached hydrogens (tertiary/aromatic N) is 3. The Morgan fingerprint density at radius 3 is 2.45 bits per heavy atom. The van der Waals surface area contributed by atoms with Crippen LogP contribution in [0.15, 0.2) is 53.7 Å². The van der Waals surface area contributed by atoms with Gasteiger partial charge in [-0.1, -0.05) is 28.9 Å². The number of rotatable bonds is 3. The number of non-ortho nitro benzene ring substituents is 1. The Labute approximate surface area is 181 Å². The minimum absolute atomic E-state index is 0.0225. The molecule has 3 fully saturated rings. The number of hydrogen-bond acceptors (Lipinski definition) is 6. The van der Waals surface area contributed by atoms with Crippen LogP contribution in [0.3, 0.4) is 0 Å². The molecule has 0 N–H and O–H groups in total. The summed E-state index contributed by atoms with van der Waals surface area (Å²) in [5.74, 6) is -1.60. The van der Waals surface area contributed by atoms with Gasteiger partial charge in [0.25, 0.3) is 5.69 Å². The van der Waals surface area contributed by atoms with Crippen LogP contribution in [0, 0.1) is 39.7 Å². The number of carbonyl (C=O) groups excluding carboxylic acids is 2. The Balaban J connectivity index is 1.34. The Bertz CT molecular complexity index is 1180. The van der Waals surface area contributed by atoms with Crippen molar-refractivity contribution in [2.24, 2.45) is 34.7 Å². The third-order valence-corrected chi connectivity index (χ3v) is 7.38. The van der Waals surface area contributed by atoms with E-state index in [1.54, 1.807) is 36.4 Å². The molecule has 2 bridgehead atoms. The van der Waals surface area contributed by atoms with E-state index in [1.165, 1.54) is 17.0 Å². The van der Waals surface area contributed by atoms with Crippen LogP contribution in [-0.4, -0.2) is 28.6 Å². The van der Waals surface area contributed by atoms with Crippen LogP contribution in [-0.2, 0) is 14.4 Å². The van der Waals surface area contributed by atoms with Gasteiger partial charge in [0, 0.05) is 34.6 Å². The lowest BCUT2D eigenvalue weighted by Gasteiger charge is -2.29. The van der Waals surface area contributed by atoms with Crippen molar-refractivity contribution in [3.63, 3.8) is 0 Å². The molecule has 6 rings (SSSR count). The molecule has 8 nitrogen and oxygen atoms in total. The number of oxime groups is 1. The van der Waals surface area contributed by atoms with Crippen LogP contribution in [0.4, 0.5) is 11.4 Å². The lowest BCUT2D eigenvalue weighted by molar-refractivity contribution is -0.384. The maximum Gasteiger partial charge on any atom is 0.270 e. The van der Waals surface area contributed by atoms with Crippen molar-refractivity contribution in [1.29, 1.82) is 0 Å². The largest absolute Gasteiger partial charge is 0.391 e. The number of imide groups is 1.